The topological polar surface area (TPSA) is 0 Å². The Kier molecular flexibility index (Phi) is 2.87. The first-order valence-corrected chi connectivity index (χ1v) is 6.75. The third kappa shape index (κ3) is 1.87. The molecule has 1 heteroatoms. The van der Waals surface area contributed by atoms with E-state index in [2.05, 4.69) is 55.5 Å². The van der Waals surface area contributed by atoms with Crippen LogP contribution >= 0.6 is 0 Å². The third-order valence-corrected chi connectivity index (χ3v) is 5.92. The molecule has 0 aromatic carbocycles. The molecule has 0 aromatic heterocycles. The molecule has 0 fully saturated rings. The molecule has 2 rings (SSSR count). The van der Waals surface area contributed by atoms with E-state index >= 15 is 0 Å². The molecule has 0 unspecified atom stereocenters. The van der Waals surface area contributed by atoms with Crippen LogP contribution in [-0.4, -0.2) is 0 Å². The molecule has 0 radical (unpaired) electrons. The first kappa shape index (κ1) is 9.05. The second-order valence-corrected chi connectivity index (χ2v) is 6.58. The Bertz CT molecular complexity index is 231. The van der Waals surface area contributed by atoms with Crippen molar-refractivity contribution in [3.63, 3.8) is 0 Å². The zero-order valence-electron chi connectivity index (χ0n) is 7.83. The number of hydrogen-bond acceptors (Lipinski definition) is 0. The van der Waals surface area contributed by atoms with Gasteiger partial charge in [0, 0.05) is 0 Å². The Morgan fingerprint density at radius 3 is 1.54 bits per heavy atom. The maximum absolute atomic E-state index is 2.35. The molecule has 0 atom stereocenters. The molecule has 0 aromatic rings. The van der Waals surface area contributed by atoms with Crippen LogP contribution < -0.4 is 0 Å². The molecule has 0 spiro atoms. The Balaban J connectivity index is 2.08. The summed E-state index contributed by atoms with van der Waals surface area (Å²) in [6.07, 6.45) is 18.1. The Labute approximate surface area is 84.6 Å². The van der Waals surface area contributed by atoms with Gasteiger partial charge in [0.2, 0.25) is 0 Å². The summed E-state index contributed by atoms with van der Waals surface area (Å²) in [6, 6.07) is 0. The molecule has 0 saturated carbocycles. The fraction of sp³-hybridized carbons (Fsp3) is 0.333. The number of rotatable bonds is 3. The molecule has 0 bridgehead atoms. The summed E-state index contributed by atoms with van der Waals surface area (Å²) in [4.78, 5) is 1.48. The SMILES string of the molecule is C[CH2][Fe]([CH]1C=CC=C1)[CH]1C=CC=C1. The first-order valence-electron chi connectivity index (χ1n) is 4.70. The normalized spacial score (nSPS) is 22.1. The van der Waals surface area contributed by atoms with Crippen molar-refractivity contribution in [1.82, 2.24) is 0 Å². The average molecular weight is 215 g/mol. The molecule has 71 valence electrons. The molecule has 0 amide bonds. The van der Waals surface area contributed by atoms with Gasteiger partial charge in [-0.1, -0.05) is 0 Å². The van der Waals surface area contributed by atoms with Crippen molar-refractivity contribution in [3.05, 3.63) is 48.6 Å². The van der Waals surface area contributed by atoms with Crippen LogP contribution in [-0.2, 0) is 13.9 Å². The van der Waals surface area contributed by atoms with Crippen molar-refractivity contribution in [3.8, 4) is 0 Å². The fourth-order valence-electron chi connectivity index (χ4n) is 1.64. The Hall–Kier alpha value is -0.521. The van der Waals surface area contributed by atoms with Crippen LogP contribution in [0.5, 0.6) is 0 Å². The fourth-order valence-corrected chi connectivity index (χ4v) is 4.75. The Morgan fingerprint density at radius 1 is 0.846 bits per heavy atom. The molecule has 0 nitrogen and oxygen atoms in total. The van der Waals surface area contributed by atoms with Gasteiger partial charge in [0.05, 0.1) is 0 Å². The summed E-state index contributed by atoms with van der Waals surface area (Å²) in [7, 11) is 0. The van der Waals surface area contributed by atoms with E-state index in [4.69, 9.17) is 0 Å². The van der Waals surface area contributed by atoms with E-state index in [0.29, 0.717) is 0 Å². The van der Waals surface area contributed by atoms with E-state index in [1.165, 1.54) is 5.32 Å². The summed E-state index contributed by atoms with van der Waals surface area (Å²) in [5.74, 6) is 0. The van der Waals surface area contributed by atoms with E-state index in [1.54, 1.807) is 0 Å². The summed E-state index contributed by atoms with van der Waals surface area (Å²) in [6.45, 7) is 2.32. The Morgan fingerprint density at radius 2 is 1.23 bits per heavy atom. The van der Waals surface area contributed by atoms with Gasteiger partial charge in [0.15, 0.2) is 0 Å². The zero-order chi connectivity index (χ0) is 9.10. The van der Waals surface area contributed by atoms with Gasteiger partial charge >= 0.3 is 84.4 Å². The monoisotopic (exact) mass is 215 g/mol. The van der Waals surface area contributed by atoms with Crippen molar-refractivity contribution in [2.75, 3.05) is 0 Å². The second kappa shape index (κ2) is 4.13. The van der Waals surface area contributed by atoms with Gasteiger partial charge in [0.25, 0.3) is 0 Å². The minimum absolute atomic E-state index is 0.0972. The average Bonchev–Trinajstić information content (AvgIpc) is 2.76. The number of allylic oxidation sites excluding steroid dienone is 8. The van der Waals surface area contributed by atoms with Crippen LogP contribution in [0.4, 0.5) is 0 Å². The van der Waals surface area contributed by atoms with Crippen LogP contribution in [0.2, 0.25) is 15.0 Å². The van der Waals surface area contributed by atoms with Gasteiger partial charge in [-0.15, -0.1) is 0 Å². The van der Waals surface area contributed by atoms with Gasteiger partial charge in [0.1, 0.15) is 0 Å². The standard InChI is InChI=1S/2C5H5.C2H5.Fe/c2*1-2-4-5-3-1;1-2;/h2*1-5H;1H2,2H3;. The summed E-state index contributed by atoms with van der Waals surface area (Å²) in [5, 5.41) is 1.33. The van der Waals surface area contributed by atoms with Crippen LogP contribution in [0.15, 0.2) is 48.6 Å². The quantitative estimate of drug-likeness (QED) is 0.627. The van der Waals surface area contributed by atoms with E-state index in [-0.39, 0.29) is 13.9 Å². The van der Waals surface area contributed by atoms with Crippen LogP contribution in [0.25, 0.3) is 0 Å². The zero-order valence-corrected chi connectivity index (χ0v) is 8.94. The van der Waals surface area contributed by atoms with Crippen LogP contribution in [0.3, 0.4) is 0 Å². The predicted molar refractivity (Wildman–Crippen MR) is 54.5 cm³/mol. The number of hydrogen-bond donors (Lipinski definition) is 0. The van der Waals surface area contributed by atoms with E-state index in [9.17, 15) is 0 Å². The predicted octanol–water partition coefficient (Wildman–Crippen LogP) is 3.87. The molecular weight excluding hydrogens is 200 g/mol. The van der Waals surface area contributed by atoms with E-state index in [1.807, 2.05) is 0 Å². The van der Waals surface area contributed by atoms with Crippen molar-refractivity contribution in [2.24, 2.45) is 0 Å². The minimum atomic E-state index is -0.0972. The molecule has 0 heterocycles. The molecular formula is C12H15Fe. The van der Waals surface area contributed by atoms with E-state index in [0.717, 1.165) is 9.63 Å². The molecule has 0 aliphatic heterocycles. The molecule has 2 aliphatic carbocycles. The van der Waals surface area contributed by atoms with Crippen molar-refractivity contribution < 1.29 is 13.9 Å². The summed E-state index contributed by atoms with van der Waals surface area (Å²) in [5.41, 5.74) is 0. The molecule has 13 heavy (non-hydrogen) atoms. The van der Waals surface area contributed by atoms with Gasteiger partial charge in [-0.2, -0.15) is 0 Å². The van der Waals surface area contributed by atoms with E-state index < -0.39 is 0 Å². The maximum atomic E-state index is 2.35. The molecule has 0 N–H and O–H groups in total. The van der Waals surface area contributed by atoms with Gasteiger partial charge in [-0.25, -0.2) is 0 Å². The van der Waals surface area contributed by atoms with Crippen molar-refractivity contribution >= 4 is 0 Å². The van der Waals surface area contributed by atoms with Crippen LogP contribution in [0, 0.1) is 0 Å². The van der Waals surface area contributed by atoms with Crippen LogP contribution in [0.1, 0.15) is 6.92 Å². The van der Waals surface area contributed by atoms with Crippen molar-refractivity contribution in [2.45, 2.75) is 21.9 Å². The summed E-state index contributed by atoms with van der Waals surface area (Å²) < 4.78 is 0. The first-order chi connectivity index (χ1) is 6.42. The van der Waals surface area contributed by atoms with Gasteiger partial charge in [-0.05, 0) is 0 Å². The summed E-state index contributed by atoms with van der Waals surface area (Å²) >= 11 is -0.0972. The van der Waals surface area contributed by atoms with Crippen molar-refractivity contribution in [1.29, 1.82) is 0 Å². The molecule has 0 saturated heterocycles. The molecule has 2 aliphatic rings. The van der Waals surface area contributed by atoms with Gasteiger partial charge in [-0.3, -0.25) is 0 Å². The second-order valence-electron chi connectivity index (χ2n) is 3.05. The van der Waals surface area contributed by atoms with Gasteiger partial charge < -0.3 is 0 Å². The third-order valence-electron chi connectivity index (χ3n) is 2.28.